The number of para-hydroxylation sites is 1. The van der Waals surface area contributed by atoms with Crippen molar-refractivity contribution >= 4 is 35.0 Å². The van der Waals surface area contributed by atoms with Crippen LogP contribution in [-0.4, -0.2) is 32.3 Å². The summed E-state index contributed by atoms with van der Waals surface area (Å²) in [4.78, 5) is 14.6. The van der Waals surface area contributed by atoms with Gasteiger partial charge in [0.15, 0.2) is 16.6 Å². The Morgan fingerprint density at radius 2 is 1.75 bits per heavy atom. The summed E-state index contributed by atoms with van der Waals surface area (Å²) in [5, 5.41) is 3.35. The Morgan fingerprint density at radius 1 is 1.04 bits per heavy atom. The van der Waals surface area contributed by atoms with Crippen molar-refractivity contribution < 1.29 is 19.0 Å². The molecule has 6 nitrogen and oxygen atoms in total. The van der Waals surface area contributed by atoms with Gasteiger partial charge in [0.1, 0.15) is 5.70 Å². The third kappa shape index (κ3) is 3.41. The summed E-state index contributed by atoms with van der Waals surface area (Å²) in [5.74, 6) is 1.26. The first-order chi connectivity index (χ1) is 13.5. The fraction of sp³-hybridized carbons (Fsp3) is 0.238. The van der Waals surface area contributed by atoms with E-state index >= 15 is 0 Å². The molecule has 1 N–H and O–H groups in total. The number of carbonyl (C=O) groups is 1. The van der Waals surface area contributed by atoms with Crippen molar-refractivity contribution in [2.45, 2.75) is 13.3 Å². The third-order valence-electron chi connectivity index (χ3n) is 4.53. The minimum Gasteiger partial charge on any atom is -0.493 e. The molecule has 2 aromatic rings. The van der Waals surface area contributed by atoms with Crippen molar-refractivity contribution in [1.29, 1.82) is 0 Å². The maximum atomic E-state index is 13.1. The quantitative estimate of drug-likeness (QED) is 0.593. The van der Waals surface area contributed by atoms with Gasteiger partial charge in [0, 0.05) is 5.56 Å². The number of rotatable bonds is 6. The first-order valence-corrected chi connectivity index (χ1v) is 9.20. The van der Waals surface area contributed by atoms with Crippen molar-refractivity contribution in [3.8, 4) is 17.2 Å². The van der Waals surface area contributed by atoms with E-state index in [0.29, 0.717) is 33.6 Å². The highest BCUT2D eigenvalue weighted by Crippen LogP contribution is 2.40. The van der Waals surface area contributed by atoms with E-state index in [-0.39, 0.29) is 5.91 Å². The molecular weight excluding hydrogens is 376 g/mol. The summed E-state index contributed by atoms with van der Waals surface area (Å²) >= 11 is 5.43. The summed E-state index contributed by atoms with van der Waals surface area (Å²) in [6.45, 7) is 2.04. The van der Waals surface area contributed by atoms with Crippen LogP contribution in [0.2, 0.25) is 0 Å². The highest BCUT2D eigenvalue weighted by atomic mass is 32.1. The second-order valence-corrected chi connectivity index (χ2v) is 6.42. The van der Waals surface area contributed by atoms with Gasteiger partial charge in [0.2, 0.25) is 5.75 Å². The second-order valence-electron chi connectivity index (χ2n) is 6.03. The van der Waals surface area contributed by atoms with Gasteiger partial charge in [0.05, 0.1) is 27.0 Å². The highest BCUT2D eigenvalue weighted by Gasteiger charge is 2.33. The smallest absolute Gasteiger partial charge is 0.281 e. The monoisotopic (exact) mass is 398 g/mol. The van der Waals surface area contributed by atoms with Crippen LogP contribution in [0, 0.1) is 0 Å². The van der Waals surface area contributed by atoms with E-state index in [4.69, 9.17) is 26.4 Å². The number of amides is 1. The maximum Gasteiger partial charge on any atom is 0.281 e. The largest absolute Gasteiger partial charge is 0.493 e. The Kier molecular flexibility index (Phi) is 5.84. The van der Waals surface area contributed by atoms with E-state index in [9.17, 15) is 4.79 Å². The number of ether oxygens (including phenoxy) is 3. The molecule has 1 saturated heterocycles. The molecule has 0 atom stereocenters. The molecule has 1 aliphatic rings. The molecule has 146 valence electrons. The van der Waals surface area contributed by atoms with Gasteiger partial charge in [-0.2, -0.15) is 0 Å². The van der Waals surface area contributed by atoms with Crippen LogP contribution in [0.1, 0.15) is 18.1 Å². The van der Waals surface area contributed by atoms with Crippen molar-refractivity contribution in [3.05, 3.63) is 53.2 Å². The van der Waals surface area contributed by atoms with E-state index in [2.05, 4.69) is 5.32 Å². The molecule has 2 aromatic carbocycles. The summed E-state index contributed by atoms with van der Waals surface area (Å²) < 4.78 is 16.2. The lowest BCUT2D eigenvalue weighted by Crippen LogP contribution is -2.31. The van der Waals surface area contributed by atoms with Gasteiger partial charge in [-0.1, -0.05) is 25.1 Å². The number of carbonyl (C=O) groups excluding carboxylic acids is 1. The lowest BCUT2D eigenvalue weighted by Gasteiger charge is -2.17. The minimum absolute atomic E-state index is 0.220. The molecule has 0 aliphatic carbocycles. The van der Waals surface area contributed by atoms with Crippen LogP contribution >= 0.6 is 12.2 Å². The number of nitrogens with zero attached hydrogens (tertiary/aromatic N) is 1. The molecule has 0 saturated carbocycles. The Morgan fingerprint density at radius 3 is 2.39 bits per heavy atom. The average Bonchev–Trinajstić information content (AvgIpc) is 3.00. The number of hydrogen-bond acceptors (Lipinski definition) is 5. The molecule has 0 radical (unpaired) electrons. The SMILES string of the molecule is CCc1ccccc1N1C(=O)/C(=C\c2ccc(OC)c(OC)c2OC)NC1=S. The zero-order valence-corrected chi connectivity index (χ0v) is 17.1. The topological polar surface area (TPSA) is 60.0 Å². The standard InChI is InChI=1S/C21H22N2O4S/c1-5-13-8-6-7-9-16(13)23-20(24)15(22-21(23)28)12-14-10-11-17(25-2)19(27-4)18(14)26-3/h6-12H,5H2,1-4H3,(H,22,28)/b15-12+. The van der Waals surface area contributed by atoms with Crippen LogP contribution in [0.15, 0.2) is 42.1 Å². The molecule has 1 heterocycles. The zero-order valence-electron chi connectivity index (χ0n) is 16.2. The molecule has 7 heteroatoms. The van der Waals surface area contributed by atoms with Gasteiger partial charge in [-0.3, -0.25) is 9.69 Å². The van der Waals surface area contributed by atoms with E-state index in [1.54, 1.807) is 25.3 Å². The Bertz CT molecular complexity index is 955. The van der Waals surface area contributed by atoms with Crippen LogP contribution < -0.4 is 24.4 Å². The average molecular weight is 398 g/mol. The third-order valence-corrected chi connectivity index (χ3v) is 4.81. The molecule has 1 amide bonds. The van der Waals surface area contributed by atoms with Gasteiger partial charge >= 0.3 is 0 Å². The summed E-state index contributed by atoms with van der Waals surface area (Å²) in [7, 11) is 4.63. The van der Waals surface area contributed by atoms with Crippen LogP contribution in [0.3, 0.4) is 0 Å². The van der Waals surface area contributed by atoms with Crippen LogP contribution in [0.4, 0.5) is 5.69 Å². The summed E-state index contributed by atoms with van der Waals surface area (Å²) in [6.07, 6.45) is 2.50. The fourth-order valence-electron chi connectivity index (χ4n) is 3.18. The number of nitrogens with one attached hydrogen (secondary N) is 1. The molecule has 28 heavy (non-hydrogen) atoms. The minimum atomic E-state index is -0.220. The molecule has 1 fully saturated rings. The zero-order chi connectivity index (χ0) is 20.3. The number of methoxy groups -OCH3 is 3. The normalized spacial score (nSPS) is 15.0. The molecule has 3 rings (SSSR count). The predicted molar refractivity (Wildman–Crippen MR) is 113 cm³/mol. The van der Waals surface area contributed by atoms with Crippen molar-refractivity contribution in [1.82, 2.24) is 5.32 Å². The molecule has 0 spiro atoms. The van der Waals surface area contributed by atoms with E-state index < -0.39 is 0 Å². The lowest BCUT2D eigenvalue weighted by molar-refractivity contribution is -0.113. The first kappa shape index (κ1) is 19.7. The lowest BCUT2D eigenvalue weighted by atomic mass is 10.1. The van der Waals surface area contributed by atoms with Gasteiger partial charge in [-0.25, -0.2) is 0 Å². The van der Waals surface area contributed by atoms with Gasteiger partial charge < -0.3 is 19.5 Å². The van der Waals surface area contributed by atoms with E-state index in [0.717, 1.165) is 17.7 Å². The Balaban J connectivity index is 2.03. The number of hydrogen-bond donors (Lipinski definition) is 1. The van der Waals surface area contributed by atoms with Crippen molar-refractivity contribution in [2.24, 2.45) is 0 Å². The number of benzene rings is 2. The van der Waals surface area contributed by atoms with Gasteiger partial charge in [-0.05, 0) is 48.5 Å². The molecule has 1 aliphatic heterocycles. The van der Waals surface area contributed by atoms with Crippen LogP contribution in [0.5, 0.6) is 17.2 Å². The second kappa shape index (κ2) is 8.31. The summed E-state index contributed by atoms with van der Waals surface area (Å²) in [5.41, 5.74) is 2.87. The molecule has 0 unspecified atom stereocenters. The van der Waals surface area contributed by atoms with Crippen LogP contribution in [0.25, 0.3) is 6.08 Å². The molecule has 0 bridgehead atoms. The summed E-state index contributed by atoms with van der Waals surface area (Å²) in [6, 6.07) is 11.3. The molecule has 0 aromatic heterocycles. The Labute approximate surface area is 169 Å². The number of aryl methyl sites for hydroxylation is 1. The maximum absolute atomic E-state index is 13.1. The predicted octanol–water partition coefficient (Wildman–Crippen LogP) is 3.54. The van der Waals surface area contributed by atoms with E-state index in [1.165, 1.54) is 19.1 Å². The molecular formula is C21H22N2O4S. The van der Waals surface area contributed by atoms with Crippen molar-refractivity contribution in [2.75, 3.05) is 26.2 Å². The number of anilines is 1. The van der Waals surface area contributed by atoms with Crippen LogP contribution in [-0.2, 0) is 11.2 Å². The highest BCUT2D eigenvalue weighted by molar-refractivity contribution is 7.80. The van der Waals surface area contributed by atoms with Gasteiger partial charge in [-0.15, -0.1) is 0 Å². The number of thiocarbonyl (C=S) groups is 1. The fourth-order valence-corrected chi connectivity index (χ4v) is 3.47. The van der Waals surface area contributed by atoms with Gasteiger partial charge in [0.25, 0.3) is 5.91 Å². The van der Waals surface area contributed by atoms with Crippen molar-refractivity contribution in [3.63, 3.8) is 0 Å². The Hall–Kier alpha value is -3.06. The van der Waals surface area contributed by atoms with E-state index in [1.807, 2.05) is 31.2 Å². The first-order valence-electron chi connectivity index (χ1n) is 8.79.